The molecule has 0 aliphatic rings. The largest absolute Gasteiger partial charge is 0.476 e. The molecule has 0 radical (unpaired) electrons. The molecule has 0 saturated heterocycles. The van der Waals surface area contributed by atoms with E-state index in [4.69, 9.17) is 9.52 Å². The molecule has 15 heavy (non-hydrogen) atoms. The lowest BCUT2D eigenvalue weighted by atomic mass is 10.2. The number of hydrogen-bond acceptors (Lipinski definition) is 4. The summed E-state index contributed by atoms with van der Waals surface area (Å²) in [4.78, 5) is 10.8. The van der Waals surface area contributed by atoms with Gasteiger partial charge in [0, 0.05) is 7.05 Å². The minimum Gasteiger partial charge on any atom is -0.476 e. The third-order valence-electron chi connectivity index (χ3n) is 1.84. The van der Waals surface area contributed by atoms with E-state index in [9.17, 15) is 4.79 Å². The third kappa shape index (κ3) is 1.65. The SMILES string of the molecule is Cn1nnc(C(=O)O)c1-c1ccc(Br)o1. The number of hydrogen-bond donors (Lipinski definition) is 1. The van der Waals surface area contributed by atoms with E-state index >= 15 is 0 Å². The summed E-state index contributed by atoms with van der Waals surface area (Å²) in [6, 6.07) is 3.32. The molecule has 0 aliphatic carbocycles. The van der Waals surface area contributed by atoms with E-state index in [1.165, 1.54) is 4.68 Å². The molecule has 0 spiro atoms. The summed E-state index contributed by atoms with van der Waals surface area (Å²) < 4.78 is 7.13. The van der Waals surface area contributed by atoms with Crippen molar-refractivity contribution in [1.29, 1.82) is 0 Å². The van der Waals surface area contributed by atoms with Crippen molar-refractivity contribution >= 4 is 21.9 Å². The Morgan fingerprint density at radius 2 is 2.33 bits per heavy atom. The molecule has 0 aliphatic heterocycles. The van der Waals surface area contributed by atoms with Gasteiger partial charge in [-0.05, 0) is 28.1 Å². The topological polar surface area (TPSA) is 81.2 Å². The average molecular weight is 272 g/mol. The van der Waals surface area contributed by atoms with Crippen LogP contribution in [0.2, 0.25) is 0 Å². The van der Waals surface area contributed by atoms with Crippen molar-refractivity contribution < 1.29 is 14.3 Å². The molecular formula is C8H6BrN3O3. The van der Waals surface area contributed by atoms with Gasteiger partial charge < -0.3 is 9.52 Å². The number of halogens is 1. The highest BCUT2D eigenvalue weighted by atomic mass is 79.9. The first-order valence-electron chi connectivity index (χ1n) is 3.98. The standard InChI is InChI=1S/C8H6BrN3O3/c1-12-7(4-2-3-5(9)15-4)6(8(13)14)10-11-12/h2-3H,1H3,(H,13,14). The molecule has 0 bridgehead atoms. The number of aryl methyl sites for hydroxylation is 1. The number of carboxylic acids is 1. The van der Waals surface area contributed by atoms with E-state index in [0.717, 1.165) is 0 Å². The maximum Gasteiger partial charge on any atom is 0.358 e. The van der Waals surface area contributed by atoms with Gasteiger partial charge >= 0.3 is 5.97 Å². The van der Waals surface area contributed by atoms with Crippen molar-refractivity contribution in [3.05, 3.63) is 22.5 Å². The number of carboxylic acid groups (broad SMARTS) is 1. The van der Waals surface area contributed by atoms with Crippen molar-refractivity contribution in [3.63, 3.8) is 0 Å². The first-order chi connectivity index (χ1) is 7.09. The lowest BCUT2D eigenvalue weighted by molar-refractivity contribution is 0.0691. The number of furan rings is 1. The Bertz CT molecular complexity index is 517. The van der Waals surface area contributed by atoms with E-state index in [-0.39, 0.29) is 5.69 Å². The van der Waals surface area contributed by atoms with Crippen molar-refractivity contribution in [1.82, 2.24) is 15.0 Å². The molecule has 2 rings (SSSR count). The molecule has 2 aromatic rings. The predicted molar refractivity (Wildman–Crippen MR) is 53.4 cm³/mol. The van der Waals surface area contributed by atoms with Gasteiger partial charge in [0.15, 0.2) is 10.4 Å². The van der Waals surface area contributed by atoms with E-state index in [1.807, 2.05) is 0 Å². The minimum atomic E-state index is -1.13. The number of carbonyl (C=O) groups is 1. The van der Waals surface area contributed by atoms with Crippen LogP contribution in [0.3, 0.4) is 0 Å². The van der Waals surface area contributed by atoms with Crippen LogP contribution in [0.25, 0.3) is 11.5 Å². The number of aromatic carboxylic acids is 1. The Morgan fingerprint density at radius 1 is 1.60 bits per heavy atom. The predicted octanol–water partition coefficient (Wildman–Crippen LogP) is 1.54. The molecule has 78 valence electrons. The summed E-state index contributed by atoms with van der Waals surface area (Å²) in [7, 11) is 1.60. The van der Waals surface area contributed by atoms with Crippen LogP contribution in [0, 0.1) is 0 Å². The zero-order valence-electron chi connectivity index (χ0n) is 7.64. The summed E-state index contributed by atoms with van der Waals surface area (Å²) in [5, 5.41) is 16.1. The van der Waals surface area contributed by atoms with Gasteiger partial charge in [-0.2, -0.15) is 0 Å². The second kappa shape index (κ2) is 3.50. The van der Waals surface area contributed by atoms with Crippen molar-refractivity contribution in [2.75, 3.05) is 0 Å². The Kier molecular flexibility index (Phi) is 2.31. The number of aromatic nitrogens is 3. The maximum absolute atomic E-state index is 10.8. The summed E-state index contributed by atoms with van der Waals surface area (Å²) in [5.74, 6) is -0.725. The lowest BCUT2D eigenvalue weighted by Gasteiger charge is -1.96. The van der Waals surface area contributed by atoms with E-state index in [2.05, 4.69) is 26.2 Å². The molecule has 0 atom stereocenters. The van der Waals surface area contributed by atoms with Gasteiger partial charge in [0.1, 0.15) is 5.69 Å². The second-order valence-corrected chi connectivity index (χ2v) is 3.60. The van der Waals surface area contributed by atoms with Gasteiger partial charge in [-0.3, -0.25) is 0 Å². The molecule has 1 N–H and O–H groups in total. The first kappa shape index (κ1) is 9.91. The van der Waals surface area contributed by atoms with Crippen LogP contribution >= 0.6 is 15.9 Å². The van der Waals surface area contributed by atoms with Crippen molar-refractivity contribution in [2.24, 2.45) is 7.05 Å². The minimum absolute atomic E-state index is 0.126. The van der Waals surface area contributed by atoms with Gasteiger partial charge in [-0.1, -0.05) is 5.21 Å². The molecular weight excluding hydrogens is 266 g/mol. The summed E-state index contributed by atoms with van der Waals surface area (Å²) >= 11 is 3.14. The monoisotopic (exact) mass is 271 g/mol. The van der Waals surface area contributed by atoms with Gasteiger partial charge in [0.25, 0.3) is 0 Å². The third-order valence-corrected chi connectivity index (χ3v) is 2.26. The van der Waals surface area contributed by atoms with Gasteiger partial charge in [0.2, 0.25) is 5.69 Å². The van der Waals surface area contributed by atoms with Crippen LogP contribution in [0.4, 0.5) is 0 Å². The van der Waals surface area contributed by atoms with Gasteiger partial charge in [-0.25, -0.2) is 9.48 Å². The Balaban J connectivity index is 2.60. The molecule has 2 aromatic heterocycles. The van der Waals surface area contributed by atoms with Crippen molar-refractivity contribution in [2.45, 2.75) is 0 Å². The Morgan fingerprint density at radius 3 is 2.87 bits per heavy atom. The summed E-state index contributed by atoms with van der Waals surface area (Å²) in [5.41, 5.74) is 0.215. The van der Waals surface area contributed by atoms with Gasteiger partial charge in [-0.15, -0.1) is 5.10 Å². The van der Waals surface area contributed by atoms with Crippen LogP contribution in [0.15, 0.2) is 21.2 Å². The van der Waals surface area contributed by atoms with E-state index < -0.39 is 5.97 Å². The fourth-order valence-corrected chi connectivity index (χ4v) is 1.53. The van der Waals surface area contributed by atoms with Crippen LogP contribution in [-0.4, -0.2) is 26.1 Å². The quantitative estimate of drug-likeness (QED) is 0.896. The van der Waals surface area contributed by atoms with Crippen LogP contribution in [0.1, 0.15) is 10.5 Å². The molecule has 0 saturated carbocycles. The average Bonchev–Trinajstić information content (AvgIpc) is 2.71. The molecule has 7 heteroatoms. The van der Waals surface area contributed by atoms with E-state index in [1.54, 1.807) is 19.2 Å². The molecule has 0 fully saturated rings. The van der Waals surface area contributed by atoms with Crippen LogP contribution in [-0.2, 0) is 7.05 Å². The lowest BCUT2D eigenvalue weighted by Crippen LogP contribution is -2.00. The molecule has 6 nitrogen and oxygen atoms in total. The maximum atomic E-state index is 10.8. The van der Waals surface area contributed by atoms with Crippen LogP contribution < -0.4 is 0 Å². The van der Waals surface area contributed by atoms with Gasteiger partial charge in [0.05, 0.1) is 0 Å². The zero-order chi connectivity index (χ0) is 11.0. The highest BCUT2D eigenvalue weighted by Gasteiger charge is 2.21. The second-order valence-electron chi connectivity index (χ2n) is 2.82. The summed E-state index contributed by atoms with van der Waals surface area (Å²) in [6.45, 7) is 0. The smallest absolute Gasteiger partial charge is 0.358 e. The summed E-state index contributed by atoms with van der Waals surface area (Å²) in [6.07, 6.45) is 0. The Hall–Kier alpha value is -1.63. The first-order valence-corrected chi connectivity index (χ1v) is 4.77. The number of rotatable bonds is 2. The number of nitrogens with zero attached hydrogens (tertiary/aromatic N) is 3. The Labute approximate surface area is 92.6 Å². The molecule has 0 amide bonds. The normalized spacial score (nSPS) is 10.5. The zero-order valence-corrected chi connectivity index (χ0v) is 9.22. The fraction of sp³-hybridized carbons (Fsp3) is 0.125. The molecule has 0 unspecified atom stereocenters. The highest BCUT2D eigenvalue weighted by molar-refractivity contribution is 9.10. The van der Waals surface area contributed by atoms with Crippen molar-refractivity contribution in [3.8, 4) is 11.5 Å². The highest BCUT2D eigenvalue weighted by Crippen LogP contribution is 2.26. The van der Waals surface area contributed by atoms with E-state index in [0.29, 0.717) is 16.1 Å². The fourth-order valence-electron chi connectivity index (χ4n) is 1.22. The molecule has 0 aromatic carbocycles. The molecule has 2 heterocycles. The van der Waals surface area contributed by atoms with Crippen LogP contribution in [0.5, 0.6) is 0 Å².